The minimum atomic E-state index is -4.13. The summed E-state index contributed by atoms with van der Waals surface area (Å²) in [6, 6.07) is 20.7. The predicted molar refractivity (Wildman–Crippen MR) is 129 cm³/mol. The summed E-state index contributed by atoms with van der Waals surface area (Å²) in [5, 5.41) is -0.288. The number of sulfone groups is 1. The van der Waals surface area contributed by atoms with E-state index in [4.69, 9.17) is 4.42 Å². The van der Waals surface area contributed by atoms with E-state index in [-0.39, 0.29) is 27.3 Å². The molecule has 1 aliphatic rings. The fourth-order valence-electron chi connectivity index (χ4n) is 4.44. The molecule has 0 unspecified atom stereocenters. The van der Waals surface area contributed by atoms with Crippen LogP contribution in [-0.2, 0) is 16.3 Å². The van der Waals surface area contributed by atoms with Gasteiger partial charge in [0.15, 0.2) is 0 Å². The zero-order valence-electron chi connectivity index (χ0n) is 18.9. The minimum absolute atomic E-state index is 0.0771. The number of hydrogen-bond acceptors (Lipinski definition) is 5. The molecule has 1 aliphatic heterocycles. The lowest BCUT2D eigenvalue weighted by atomic mass is 9.90. The fraction of sp³-hybridized carbons (Fsp3) is 0.222. The van der Waals surface area contributed by atoms with Gasteiger partial charge in [0, 0.05) is 13.1 Å². The van der Waals surface area contributed by atoms with Crippen LogP contribution in [0, 0.1) is 17.6 Å². The molecule has 35 heavy (non-hydrogen) atoms. The average molecular weight is 495 g/mol. The molecule has 3 aromatic carbocycles. The number of anilines is 1. The maximum atomic E-state index is 14.5. The summed E-state index contributed by atoms with van der Waals surface area (Å²) < 4.78 is 60.8. The van der Waals surface area contributed by atoms with E-state index in [9.17, 15) is 17.2 Å². The van der Waals surface area contributed by atoms with E-state index < -0.39 is 21.5 Å². The molecule has 0 aliphatic carbocycles. The van der Waals surface area contributed by atoms with Gasteiger partial charge >= 0.3 is 0 Å². The Hall–Kier alpha value is -3.52. The van der Waals surface area contributed by atoms with Crippen LogP contribution < -0.4 is 4.90 Å². The van der Waals surface area contributed by atoms with E-state index in [1.807, 2.05) is 23.1 Å². The van der Waals surface area contributed by atoms with Crippen LogP contribution in [0.5, 0.6) is 0 Å². The van der Waals surface area contributed by atoms with E-state index in [2.05, 4.69) is 17.1 Å². The molecule has 0 atom stereocenters. The van der Waals surface area contributed by atoms with Gasteiger partial charge in [0.1, 0.15) is 11.6 Å². The molecule has 0 amide bonds. The lowest BCUT2D eigenvalue weighted by Crippen LogP contribution is -2.34. The molecule has 1 aromatic heterocycles. The van der Waals surface area contributed by atoms with Crippen molar-refractivity contribution in [2.24, 2.45) is 5.92 Å². The van der Waals surface area contributed by atoms with Gasteiger partial charge in [0.2, 0.25) is 26.6 Å². The number of aromatic nitrogens is 1. The van der Waals surface area contributed by atoms with Gasteiger partial charge in [-0.2, -0.15) is 4.98 Å². The molecule has 5 nitrogen and oxygen atoms in total. The van der Waals surface area contributed by atoms with Gasteiger partial charge in [-0.25, -0.2) is 17.2 Å². The lowest BCUT2D eigenvalue weighted by molar-refractivity contribution is 0.387. The summed E-state index contributed by atoms with van der Waals surface area (Å²) in [4.78, 5) is 6.00. The van der Waals surface area contributed by atoms with Gasteiger partial charge in [0.05, 0.1) is 10.5 Å². The first-order chi connectivity index (χ1) is 16.9. The van der Waals surface area contributed by atoms with Crippen molar-refractivity contribution < 1.29 is 21.6 Å². The number of rotatable bonds is 6. The average Bonchev–Trinajstić information content (AvgIpc) is 3.32. The van der Waals surface area contributed by atoms with Gasteiger partial charge in [-0.1, -0.05) is 42.5 Å². The molecule has 1 fully saturated rings. The summed E-state index contributed by atoms with van der Waals surface area (Å²) in [6.07, 6.45) is 2.65. The Morgan fingerprint density at radius 2 is 1.54 bits per heavy atom. The van der Waals surface area contributed by atoms with Crippen LogP contribution in [0.1, 0.15) is 18.4 Å². The summed E-state index contributed by atoms with van der Waals surface area (Å²) >= 11 is 0. The molecule has 180 valence electrons. The first-order valence-electron chi connectivity index (χ1n) is 11.5. The quantitative estimate of drug-likeness (QED) is 0.312. The molecule has 1 saturated heterocycles. The van der Waals surface area contributed by atoms with Gasteiger partial charge in [-0.3, -0.25) is 0 Å². The zero-order chi connectivity index (χ0) is 24.4. The van der Waals surface area contributed by atoms with Crippen molar-refractivity contribution >= 4 is 15.7 Å². The Kier molecular flexibility index (Phi) is 6.38. The Bertz CT molecular complexity index is 1410. The molecule has 0 bridgehead atoms. The van der Waals surface area contributed by atoms with Crippen molar-refractivity contribution in [1.29, 1.82) is 0 Å². The Balaban J connectivity index is 1.48. The van der Waals surface area contributed by atoms with Crippen molar-refractivity contribution in [2.75, 3.05) is 18.0 Å². The molecule has 4 aromatic rings. The summed E-state index contributed by atoms with van der Waals surface area (Å²) in [7, 11) is -4.13. The largest absolute Gasteiger partial charge is 0.419 e. The van der Waals surface area contributed by atoms with Crippen LogP contribution in [0.4, 0.5) is 14.7 Å². The molecule has 0 radical (unpaired) electrons. The molecule has 8 heteroatoms. The van der Waals surface area contributed by atoms with E-state index >= 15 is 0 Å². The molecule has 0 spiro atoms. The number of piperidine rings is 1. The van der Waals surface area contributed by atoms with Crippen molar-refractivity contribution in [1.82, 2.24) is 4.98 Å². The fourth-order valence-corrected chi connectivity index (χ4v) is 5.76. The number of benzene rings is 3. The summed E-state index contributed by atoms with van der Waals surface area (Å²) in [5.74, 6) is -0.667. The van der Waals surface area contributed by atoms with Gasteiger partial charge in [0.25, 0.3) is 0 Å². The number of nitrogens with zero attached hydrogens (tertiary/aromatic N) is 2. The molecule has 2 heterocycles. The van der Waals surface area contributed by atoms with Gasteiger partial charge < -0.3 is 9.32 Å². The van der Waals surface area contributed by atoms with Gasteiger partial charge in [-0.15, -0.1) is 0 Å². The first-order valence-corrected chi connectivity index (χ1v) is 13.0. The third-order valence-corrected chi connectivity index (χ3v) is 8.00. The van der Waals surface area contributed by atoms with E-state index in [0.717, 1.165) is 31.4 Å². The molecule has 0 saturated carbocycles. The second-order valence-electron chi connectivity index (χ2n) is 8.69. The normalized spacial score (nSPS) is 14.9. The van der Waals surface area contributed by atoms with Crippen LogP contribution >= 0.6 is 0 Å². The van der Waals surface area contributed by atoms with Crippen molar-refractivity contribution in [3.63, 3.8) is 0 Å². The maximum Gasteiger partial charge on any atom is 0.236 e. The summed E-state index contributed by atoms with van der Waals surface area (Å²) in [6.45, 7) is 1.16. The highest BCUT2D eigenvalue weighted by molar-refractivity contribution is 7.91. The van der Waals surface area contributed by atoms with Crippen LogP contribution in [0.25, 0.3) is 11.5 Å². The van der Waals surface area contributed by atoms with Crippen molar-refractivity contribution in [2.45, 2.75) is 29.2 Å². The smallest absolute Gasteiger partial charge is 0.236 e. The molecular formula is C27H24F2N2O3S. The zero-order valence-corrected chi connectivity index (χ0v) is 19.7. The molecular weight excluding hydrogens is 470 g/mol. The van der Waals surface area contributed by atoms with Crippen molar-refractivity contribution in [3.8, 4) is 11.5 Å². The minimum Gasteiger partial charge on any atom is -0.419 e. The maximum absolute atomic E-state index is 14.5. The Morgan fingerprint density at radius 1 is 0.886 bits per heavy atom. The third kappa shape index (κ3) is 4.84. The molecule has 5 rings (SSSR count). The Morgan fingerprint density at radius 3 is 2.23 bits per heavy atom. The SMILES string of the molecule is O=S(=O)(c1ccc(F)cc1)c1nc(-c2ccccc2F)oc1N1CCC(Cc2ccccc2)CC1. The van der Waals surface area contributed by atoms with Gasteiger partial charge in [-0.05, 0) is 67.1 Å². The molecule has 0 N–H and O–H groups in total. The topological polar surface area (TPSA) is 63.4 Å². The Labute approximate surface area is 203 Å². The van der Waals surface area contributed by atoms with Crippen LogP contribution in [0.3, 0.4) is 0 Å². The number of hydrogen-bond donors (Lipinski definition) is 0. The van der Waals surface area contributed by atoms with E-state index in [0.29, 0.717) is 19.0 Å². The highest BCUT2D eigenvalue weighted by atomic mass is 32.2. The number of halogens is 2. The first kappa shape index (κ1) is 23.2. The van der Waals surface area contributed by atoms with E-state index in [1.165, 1.54) is 35.9 Å². The second kappa shape index (κ2) is 9.62. The number of oxazole rings is 1. The lowest BCUT2D eigenvalue weighted by Gasteiger charge is -2.32. The standard InChI is InChI=1S/C27H24F2N2O3S/c28-21-10-12-22(13-11-21)35(32,33)26-27(34-25(30-26)23-8-4-5-9-24(23)29)31-16-14-20(15-17-31)18-19-6-2-1-3-7-19/h1-13,20H,14-18H2. The van der Waals surface area contributed by atoms with E-state index in [1.54, 1.807) is 6.07 Å². The summed E-state index contributed by atoms with van der Waals surface area (Å²) in [5.41, 5.74) is 1.35. The highest BCUT2D eigenvalue weighted by Crippen LogP contribution is 2.37. The van der Waals surface area contributed by atoms with Crippen molar-refractivity contribution in [3.05, 3.63) is 96.1 Å². The second-order valence-corrected chi connectivity index (χ2v) is 10.6. The monoisotopic (exact) mass is 494 g/mol. The van der Waals surface area contributed by atoms with Crippen LogP contribution in [0.2, 0.25) is 0 Å². The third-order valence-electron chi connectivity index (χ3n) is 6.33. The highest BCUT2D eigenvalue weighted by Gasteiger charge is 2.33. The van der Waals surface area contributed by atoms with Crippen LogP contribution in [0.15, 0.2) is 93.2 Å². The van der Waals surface area contributed by atoms with Crippen LogP contribution in [-0.4, -0.2) is 26.5 Å². The predicted octanol–water partition coefficient (Wildman–Crippen LogP) is 5.91.